The Morgan fingerprint density at radius 2 is 2.00 bits per heavy atom. The average molecular weight is 548 g/mol. The van der Waals surface area contributed by atoms with Crippen molar-refractivity contribution >= 4 is 29.9 Å². The summed E-state index contributed by atoms with van der Waals surface area (Å²) in [6.45, 7) is 5.73. The molecule has 1 aliphatic heterocycles. The first-order valence-electron chi connectivity index (χ1n) is 10.5. The van der Waals surface area contributed by atoms with Gasteiger partial charge < -0.3 is 20.1 Å². The molecule has 8 nitrogen and oxygen atoms in total. The van der Waals surface area contributed by atoms with Crippen LogP contribution in [0.5, 0.6) is 11.5 Å². The summed E-state index contributed by atoms with van der Waals surface area (Å²) in [5, 5.41) is 14.9. The van der Waals surface area contributed by atoms with Crippen LogP contribution in [0, 0.1) is 0 Å². The second-order valence-corrected chi connectivity index (χ2v) is 7.37. The van der Waals surface area contributed by atoms with Crippen LogP contribution in [-0.4, -0.2) is 40.5 Å². The Kier molecular flexibility index (Phi) is 8.32. The Morgan fingerprint density at radius 1 is 1.22 bits per heavy atom. The second kappa shape index (κ2) is 11.2. The van der Waals surface area contributed by atoms with E-state index in [-0.39, 0.29) is 30.1 Å². The van der Waals surface area contributed by atoms with Crippen LogP contribution in [0.2, 0.25) is 0 Å². The first-order valence-corrected chi connectivity index (χ1v) is 10.5. The van der Waals surface area contributed by atoms with Crippen LogP contribution in [-0.2, 0) is 19.5 Å². The van der Waals surface area contributed by atoms with E-state index in [1.54, 1.807) is 13.4 Å². The van der Waals surface area contributed by atoms with Gasteiger partial charge in [-0.3, -0.25) is 9.56 Å². The fourth-order valence-corrected chi connectivity index (χ4v) is 3.66. The summed E-state index contributed by atoms with van der Waals surface area (Å²) in [7, 11) is 1.74. The SMILES string of the molecule is CCOc1cc2c(cc1CNC(=NC)NCc1nncn1-c1ccccc1)OC(C)C2.I. The van der Waals surface area contributed by atoms with Crippen molar-refractivity contribution < 1.29 is 9.47 Å². The molecule has 0 radical (unpaired) electrons. The molecule has 1 aromatic heterocycles. The monoisotopic (exact) mass is 548 g/mol. The third kappa shape index (κ3) is 5.50. The average Bonchev–Trinajstić information content (AvgIpc) is 3.40. The number of halogens is 1. The smallest absolute Gasteiger partial charge is 0.191 e. The molecular weight excluding hydrogens is 519 g/mol. The van der Waals surface area contributed by atoms with E-state index in [9.17, 15) is 0 Å². The zero-order chi connectivity index (χ0) is 21.6. The van der Waals surface area contributed by atoms with Gasteiger partial charge in [-0.15, -0.1) is 34.2 Å². The molecule has 1 unspecified atom stereocenters. The summed E-state index contributed by atoms with van der Waals surface area (Å²) >= 11 is 0. The highest BCUT2D eigenvalue weighted by molar-refractivity contribution is 14.0. The van der Waals surface area contributed by atoms with E-state index in [2.05, 4.69) is 44.9 Å². The van der Waals surface area contributed by atoms with E-state index in [4.69, 9.17) is 9.47 Å². The van der Waals surface area contributed by atoms with E-state index in [1.165, 1.54) is 5.56 Å². The lowest BCUT2D eigenvalue weighted by Crippen LogP contribution is -2.37. The van der Waals surface area contributed by atoms with Crippen LogP contribution in [0.3, 0.4) is 0 Å². The molecule has 0 aliphatic carbocycles. The standard InChI is InChI=1S/C23H28N6O2.HI/c1-4-30-20-11-17-10-16(2)31-21(17)12-18(20)13-25-23(24-3)26-14-22-28-27-15-29(22)19-8-6-5-7-9-19;/h5-9,11-12,15-16H,4,10,13-14H2,1-3H3,(H2,24,25,26);1H. The van der Waals surface area contributed by atoms with Gasteiger partial charge in [0, 0.05) is 36.8 Å². The number of para-hydroxylation sites is 1. The number of guanidine groups is 1. The van der Waals surface area contributed by atoms with Gasteiger partial charge in [-0.2, -0.15) is 0 Å². The molecule has 0 spiro atoms. The van der Waals surface area contributed by atoms with Gasteiger partial charge >= 0.3 is 0 Å². The number of ether oxygens (including phenoxy) is 2. The molecule has 0 saturated carbocycles. The van der Waals surface area contributed by atoms with Gasteiger partial charge in [-0.1, -0.05) is 18.2 Å². The minimum absolute atomic E-state index is 0. The summed E-state index contributed by atoms with van der Waals surface area (Å²) in [6.07, 6.45) is 2.82. The number of aromatic nitrogens is 3. The van der Waals surface area contributed by atoms with Crippen molar-refractivity contribution in [2.45, 2.75) is 39.5 Å². The maximum absolute atomic E-state index is 5.92. The molecule has 0 bridgehead atoms. The first-order chi connectivity index (χ1) is 15.2. The highest BCUT2D eigenvalue weighted by Gasteiger charge is 2.22. The number of aliphatic imine (C=N–C) groups is 1. The Labute approximate surface area is 205 Å². The molecule has 2 aromatic carbocycles. The van der Waals surface area contributed by atoms with E-state index in [0.29, 0.717) is 25.7 Å². The summed E-state index contributed by atoms with van der Waals surface area (Å²) in [6, 6.07) is 14.2. The second-order valence-electron chi connectivity index (χ2n) is 7.37. The number of hydrogen-bond donors (Lipinski definition) is 2. The number of benzene rings is 2. The molecule has 4 rings (SSSR count). The molecule has 170 valence electrons. The molecule has 0 amide bonds. The van der Waals surface area contributed by atoms with E-state index in [1.807, 2.05) is 41.8 Å². The van der Waals surface area contributed by atoms with Crippen molar-refractivity contribution in [3.05, 3.63) is 65.7 Å². The van der Waals surface area contributed by atoms with E-state index >= 15 is 0 Å². The molecule has 2 N–H and O–H groups in total. The normalized spacial score (nSPS) is 14.8. The molecule has 2 heterocycles. The zero-order valence-electron chi connectivity index (χ0n) is 18.5. The largest absolute Gasteiger partial charge is 0.494 e. The number of fused-ring (bicyclic) bond motifs is 1. The third-order valence-electron chi connectivity index (χ3n) is 5.12. The van der Waals surface area contributed by atoms with Crippen molar-refractivity contribution in [1.29, 1.82) is 0 Å². The van der Waals surface area contributed by atoms with Gasteiger partial charge in [-0.25, -0.2) is 0 Å². The van der Waals surface area contributed by atoms with Crippen LogP contribution < -0.4 is 20.1 Å². The Hall–Kier alpha value is -2.82. The maximum Gasteiger partial charge on any atom is 0.191 e. The Morgan fingerprint density at radius 3 is 2.75 bits per heavy atom. The van der Waals surface area contributed by atoms with Crippen LogP contribution in [0.25, 0.3) is 5.69 Å². The lowest BCUT2D eigenvalue weighted by Gasteiger charge is -2.16. The van der Waals surface area contributed by atoms with Gasteiger partial charge in [-0.05, 0) is 38.1 Å². The molecule has 0 saturated heterocycles. The molecule has 3 aromatic rings. The third-order valence-corrected chi connectivity index (χ3v) is 5.12. The molecule has 9 heteroatoms. The molecular formula is C23H29IN6O2. The van der Waals surface area contributed by atoms with Gasteiger partial charge in [0.25, 0.3) is 0 Å². The fraction of sp³-hybridized carbons (Fsp3) is 0.348. The van der Waals surface area contributed by atoms with Crippen molar-refractivity contribution in [3.8, 4) is 17.2 Å². The van der Waals surface area contributed by atoms with Crippen molar-refractivity contribution in [1.82, 2.24) is 25.4 Å². The molecule has 0 fully saturated rings. The lowest BCUT2D eigenvalue weighted by atomic mass is 10.1. The van der Waals surface area contributed by atoms with Gasteiger partial charge in [0.1, 0.15) is 23.9 Å². The summed E-state index contributed by atoms with van der Waals surface area (Å²) in [5.74, 6) is 3.28. The highest BCUT2D eigenvalue weighted by atomic mass is 127. The van der Waals surface area contributed by atoms with Gasteiger partial charge in [0.15, 0.2) is 11.8 Å². The van der Waals surface area contributed by atoms with E-state index in [0.717, 1.165) is 35.0 Å². The summed E-state index contributed by atoms with van der Waals surface area (Å²) in [4.78, 5) is 4.33. The molecule has 1 atom stereocenters. The predicted octanol–water partition coefficient (Wildman–Crippen LogP) is 3.47. The van der Waals surface area contributed by atoms with Crippen LogP contribution in [0.15, 0.2) is 53.8 Å². The van der Waals surface area contributed by atoms with Gasteiger partial charge in [0.05, 0.1) is 13.2 Å². The summed E-state index contributed by atoms with van der Waals surface area (Å²) in [5.41, 5.74) is 3.24. The minimum atomic E-state index is 0. The van der Waals surface area contributed by atoms with Crippen molar-refractivity contribution in [2.75, 3.05) is 13.7 Å². The van der Waals surface area contributed by atoms with Crippen LogP contribution in [0.1, 0.15) is 30.8 Å². The minimum Gasteiger partial charge on any atom is -0.494 e. The van der Waals surface area contributed by atoms with E-state index < -0.39 is 0 Å². The Bertz CT molecular complexity index is 1050. The van der Waals surface area contributed by atoms with Crippen LogP contribution in [0.4, 0.5) is 0 Å². The molecule has 1 aliphatic rings. The van der Waals surface area contributed by atoms with Crippen molar-refractivity contribution in [3.63, 3.8) is 0 Å². The first kappa shape index (κ1) is 23.8. The predicted molar refractivity (Wildman–Crippen MR) is 135 cm³/mol. The fourth-order valence-electron chi connectivity index (χ4n) is 3.66. The number of nitrogens with one attached hydrogen (secondary N) is 2. The number of nitrogens with zero attached hydrogens (tertiary/aromatic N) is 4. The number of hydrogen-bond acceptors (Lipinski definition) is 5. The quantitative estimate of drug-likeness (QED) is 0.267. The lowest BCUT2D eigenvalue weighted by molar-refractivity contribution is 0.254. The van der Waals surface area contributed by atoms with Gasteiger partial charge in [0.2, 0.25) is 0 Å². The highest BCUT2D eigenvalue weighted by Crippen LogP contribution is 2.35. The maximum atomic E-state index is 5.92. The molecule has 32 heavy (non-hydrogen) atoms. The topological polar surface area (TPSA) is 85.6 Å². The number of rotatable bonds is 7. The Balaban J connectivity index is 0.00000289. The zero-order valence-corrected chi connectivity index (χ0v) is 20.9. The van der Waals surface area contributed by atoms with Crippen LogP contribution >= 0.6 is 24.0 Å². The van der Waals surface area contributed by atoms with Crippen molar-refractivity contribution in [2.24, 2.45) is 4.99 Å². The summed E-state index contributed by atoms with van der Waals surface area (Å²) < 4.78 is 13.7.